The van der Waals surface area contributed by atoms with Crippen molar-refractivity contribution in [2.75, 3.05) is 19.8 Å². The highest BCUT2D eigenvalue weighted by molar-refractivity contribution is 5.76. The summed E-state index contributed by atoms with van der Waals surface area (Å²) in [5.74, 6) is 0.748. The van der Waals surface area contributed by atoms with Crippen molar-refractivity contribution < 1.29 is 14.6 Å². The molecule has 1 saturated carbocycles. The molecule has 4 nitrogen and oxygen atoms in total. The molecule has 1 amide bonds. The molecule has 3 rings (SSSR count). The SMILES string of the molecule is O=C(CCOc1ccccc1-c1ccccc1)NCC1(CO)CC1. The van der Waals surface area contributed by atoms with Gasteiger partial charge in [0.2, 0.25) is 5.91 Å². The zero-order chi connectivity index (χ0) is 16.8. The first-order valence-electron chi connectivity index (χ1n) is 8.37. The minimum atomic E-state index is -0.0591. The summed E-state index contributed by atoms with van der Waals surface area (Å²) >= 11 is 0. The molecular weight excluding hydrogens is 302 g/mol. The van der Waals surface area contributed by atoms with E-state index in [1.165, 1.54) is 0 Å². The number of para-hydroxylation sites is 1. The summed E-state index contributed by atoms with van der Waals surface area (Å²) < 4.78 is 5.83. The van der Waals surface area contributed by atoms with Crippen molar-refractivity contribution in [1.82, 2.24) is 5.32 Å². The van der Waals surface area contributed by atoms with Crippen molar-refractivity contribution in [1.29, 1.82) is 0 Å². The van der Waals surface area contributed by atoms with E-state index in [4.69, 9.17) is 4.74 Å². The van der Waals surface area contributed by atoms with Gasteiger partial charge in [-0.25, -0.2) is 0 Å². The van der Waals surface area contributed by atoms with Crippen molar-refractivity contribution in [3.63, 3.8) is 0 Å². The highest BCUT2D eigenvalue weighted by Crippen LogP contribution is 2.44. The Balaban J connectivity index is 1.51. The van der Waals surface area contributed by atoms with Gasteiger partial charge in [0.05, 0.1) is 19.6 Å². The van der Waals surface area contributed by atoms with Gasteiger partial charge in [0.15, 0.2) is 0 Å². The average Bonchev–Trinajstić information content (AvgIpc) is 3.42. The van der Waals surface area contributed by atoms with Crippen LogP contribution in [0.15, 0.2) is 54.6 Å². The predicted molar refractivity (Wildman–Crippen MR) is 93.8 cm³/mol. The first-order chi connectivity index (χ1) is 11.7. The second-order valence-electron chi connectivity index (χ2n) is 6.40. The molecule has 24 heavy (non-hydrogen) atoms. The Morgan fingerprint density at radius 2 is 1.79 bits per heavy atom. The van der Waals surface area contributed by atoms with Crippen molar-refractivity contribution in [2.45, 2.75) is 19.3 Å². The molecule has 0 atom stereocenters. The Morgan fingerprint density at radius 1 is 1.08 bits per heavy atom. The number of benzene rings is 2. The molecule has 126 valence electrons. The zero-order valence-electron chi connectivity index (χ0n) is 13.7. The molecule has 1 fully saturated rings. The van der Waals surface area contributed by atoms with E-state index >= 15 is 0 Å². The third-order valence-electron chi connectivity index (χ3n) is 4.51. The lowest BCUT2D eigenvalue weighted by atomic mass is 10.1. The van der Waals surface area contributed by atoms with Gasteiger partial charge in [-0.05, 0) is 24.5 Å². The van der Waals surface area contributed by atoms with Crippen molar-refractivity contribution in [3.8, 4) is 16.9 Å². The number of nitrogens with one attached hydrogen (secondary N) is 1. The number of hydrogen-bond donors (Lipinski definition) is 2. The molecule has 0 unspecified atom stereocenters. The van der Waals surface area contributed by atoms with Gasteiger partial charge in [0.25, 0.3) is 0 Å². The molecule has 2 aromatic rings. The molecule has 0 saturated heterocycles. The van der Waals surface area contributed by atoms with Gasteiger partial charge in [-0.1, -0.05) is 48.5 Å². The standard InChI is InChI=1S/C20H23NO3/c22-15-20(11-12-20)14-21-19(23)10-13-24-18-9-5-4-8-17(18)16-6-2-1-3-7-16/h1-9,22H,10-15H2,(H,21,23). The lowest BCUT2D eigenvalue weighted by Gasteiger charge is -2.14. The molecule has 1 aliphatic rings. The number of rotatable bonds is 8. The summed E-state index contributed by atoms with van der Waals surface area (Å²) in [5.41, 5.74) is 2.06. The Morgan fingerprint density at radius 3 is 2.50 bits per heavy atom. The normalized spacial score (nSPS) is 14.9. The lowest BCUT2D eigenvalue weighted by Crippen LogP contribution is -2.32. The van der Waals surface area contributed by atoms with Crippen LogP contribution in [-0.4, -0.2) is 30.8 Å². The molecule has 2 aromatic carbocycles. The minimum absolute atomic E-state index is 0.0353. The number of hydrogen-bond acceptors (Lipinski definition) is 3. The number of ether oxygens (including phenoxy) is 1. The molecule has 2 N–H and O–H groups in total. The second-order valence-corrected chi connectivity index (χ2v) is 6.40. The van der Waals surface area contributed by atoms with Crippen LogP contribution in [0.5, 0.6) is 5.75 Å². The van der Waals surface area contributed by atoms with E-state index in [0.717, 1.165) is 29.7 Å². The van der Waals surface area contributed by atoms with Gasteiger partial charge in [-0.2, -0.15) is 0 Å². The van der Waals surface area contributed by atoms with Gasteiger partial charge < -0.3 is 15.2 Å². The van der Waals surface area contributed by atoms with Crippen molar-refractivity contribution >= 4 is 5.91 Å². The van der Waals surface area contributed by atoms with E-state index in [2.05, 4.69) is 5.32 Å². The summed E-state index contributed by atoms with van der Waals surface area (Å²) in [6, 6.07) is 17.9. The highest BCUT2D eigenvalue weighted by Gasteiger charge is 2.41. The predicted octanol–water partition coefficient (Wildman–Crippen LogP) is 3.01. The third kappa shape index (κ3) is 4.15. The molecule has 0 bridgehead atoms. The smallest absolute Gasteiger partial charge is 0.223 e. The fourth-order valence-corrected chi connectivity index (χ4v) is 2.64. The average molecular weight is 325 g/mol. The van der Waals surface area contributed by atoms with Crippen molar-refractivity contribution in [3.05, 3.63) is 54.6 Å². The molecular formula is C20H23NO3. The second kappa shape index (κ2) is 7.49. The van der Waals surface area contributed by atoms with Crippen LogP contribution in [0.2, 0.25) is 0 Å². The van der Waals surface area contributed by atoms with Crippen LogP contribution >= 0.6 is 0 Å². The maximum Gasteiger partial charge on any atom is 0.223 e. The van der Waals surface area contributed by atoms with Crippen LogP contribution in [0, 0.1) is 5.41 Å². The highest BCUT2D eigenvalue weighted by atomic mass is 16.5. The molecule has 0 heterocycles. The van der Waals surface area contributed by atoms with Gasteiger partial charge in [0, 0.05) is 17.5 Å². The molecule has 0 aliphatic heterocycles. The fourth-order valence-electron chi connectivity index (χ4n) is 2.64. The Bertz CT molecular complexity index is 680. The van der Waals surface area contributed by atoms with Gasteiger partial charge in [-0.3, -0.25) is 4.79 Å². The van der Waals surface area contributed by atoms with Gasteiger partial charge >= 0.3 is 0 Å². The summed E-state index contributed by atoms with van der Waals surface area (Å²) in [7, 11) is 0. The van der Waals surface area contributed by atoms with Crippen LogP contribution in [0.1, 0.15) is 19.3 Å². The maximum absolute atomic E-state index is 11.9. The number of carbonyl (C=O) groups is 1. The van der Waals surface area contributed by atoms with Crippen molar-refractivity contribution in [2.24, 2.45) is 5.41 Å². The van der Waals surface area contributed by atoms with E-state index < -0.39 is 0 Å². The van der Waals surface area contributed by atoms with Crippen LogP contribution in [0.25, 0.3) is 11.1 Å². The minimum Gasteiger partial charge on any atom is -0.492 e. The summed E-state index contributed by atoms with van der Waals surface area (Å²) in [4.78, 5) is 11.9. The summed E-state index contributed by atoms with van der Waals surface area (Å²) in [6.07, 6.45) is 2.29. The lowest BCUT2D eigenvalue weighted by molar-refractivity contribution is -0.121. The Hall–Kier alpha value is -2.33. The van der Waals surface area contributed by atoms with E-state index in [1.54, 1.807) is 0 Å². The third-order valence-corrected chi connectivity index (χ3v) is 4.51. The Labute approximate surface area is 142 Å². The largest absolute Gasteiger partial charge is 0.492 e. The monoisotopic (exact) mass is 325 g/mol. The molecule has 0 aromatic heterocycles. The first kappa shape index (κ1) is 16.5. The van der Waals surface area contributed by atoms with Crippen LogP contribution in [-0.2, 0) is 4.79 Å². The fraction of sp³-hybridized carbons (Fsp3) is 0.350. The number of aliphatic hydroxyl groups excluding tert-OH is 1. The van der Waals surface area contributed by atoms with Crippen LogP contribution in [0.3, 0.4) is 0 Å². The summed E-state index contributed by atoms with van der Waals surface area (Å²) in [5, 5.41) is 12.1. The molecule has 4 heteroatoms. The van der Waals surface area contributed by atoms with Gasteiger partial charge in [0.1, 0.15) is 5.75 Å². The molecule has 0 radical (unpaired) electrons. The van der Waals surface area contributed by atoms with E-state index in [0.29, 0.717) is 19.6 Å². The quantitative estimate of drug-likeness (QED) is 0.784. The molecule has 0 spiro atoms. The van der Waals surface area contributed by atoms with E-state index in [9.17, 15) is 9.90 Å². The maximum atomic E-state index is 11.9. The van der Waals surface area contributed by atoms with Gasteiger partial charge in [-0.15, -0.1) is 0 Å². The molecule has 1 aliphatic carbocycles. The van der Waals surface area contributed by atoms with E-state index in [-0.39, 0.29) is 17.9 Å². The van der Waals surface area contributed by atoms with Crippen LogP contribution < -0.4 is 10.1 Å². The first-order valence-corrected chi connectivity index (χ1v) is 8.37. The zero-order valence-corrected chi connectivity index (χ0v) is 13.7. The van der Waals surface area contributed by atoms with E-state index in [1.807, 2.05) is 54.6 Å². The number of aliphatic hydroxyl groups is 1. The van der Waals surface area contributed by atoms with Crippen LogP contribution in [0.4, 0.5) is 0 Å². The summed E-state index contributed by atoms with van der Waals surface area (Å²) in [6.45, 7) is 1.04. The Kier molecular flexibility index (Phi) is 5.16. The topological polar surface area (TPSA) is 58.6 Å². The number of carbonyl (C=O) groups excluding carboxylic acids is 1. The number of amides is 1.